The van der Waals surface area contributed by atoms with Gasteiger partial charge in [-0.3, -0.25) is 4.79 Å². The molecule has 0 aromatic heterocycles. The van der Waals surface area contributed by atoms with Crippen molar-refractivity contribution < 1.29 is 19.1 Å². The number of halogens is 2. The van der Waals surface area contributed by atoms with Crippen LogP contribution in [-0.2, 0) is 11.3 Å². The van der Waals surface area contributed by atoms with Crippen LogP contribution in [0.5, 0.6) is 0 Å². The summed E-state index contributed by atoms with van der Waals surface area (Å²) in [6.45, 7) is 1.05. The van der Waals surface area contributed by atoms with Crippen molar-refractivity contribution in [3.05, 3.63) is 64.4 Å². The van der Waals surface area contributed by atoms with E-state index in [1.54, 1.807) is 11.0 Å². The van der Waals surface area contributed by atoms with E-state index in [2.05, 4.69) is 15.9 Å². The second-order valence-corrected chi connectivity index (χ2v) is 7.40. The summed E-state index contributed by atoms with van der Waals surface area (Å²) in [5, 5.41) is 9.10. The molecule has 1 saturated heterocycles. The molecule has 27 heavy (non-hydrogen) atoms. The first-order valence-electron chi connectivity index (χ1n) is 8.74. The van der Waals surface area contributed by atoms with Gasteiger partial charge in [-0.05, 0) is 52.5 Å². The van der Waals surface area contributed by atoms with E-state index in [9.17, 15) is 14.0 Å². The van der Waals surface area contributed by atoms with E-state index in [4.69, 9.17) is 5.11 Å². The van der Waals surface area contributed by atoms with Crippen LogP contribution in [0.25, 0.3) is 0 Å². The molecule has 0 saturated carbocycles. The summed E-state index contributed by atoms with van der Waals surface area (Å²) in [5.41, 5.74) is 1.57. The Labute approximate surface area is 165 Å². The molecule has 0 aliphatic carbocycles. The maximum Gasteiger partial charge on any atom is 0.407 e. The van der Waals surface area contributed by atoms with Crippen LogP contribution >= 0.6 is 15.9 Å². The predicted molar refractivity (Wildman–Crippen MR) is 104 cm³/mol. The maximum atomic E-state index is 13.5. The van der Waals surface area contributed by atoms with Crippen molar-refractivity contribution in [2.75, 3.05) is 18.0 Å². The molecular weight excluding hydrogens is 415 g/mol. The van der Waals surface area contributed by atoms with E-state index in [-0.39, 0.29) is 17.6 Å². The number of benzene rings is 2. The molecule has 1 fully saturated rings. The number of hydrogen-bond donors (Lipinski definition) is 1. The Morgan fingerprint density at radius 2 is 1.81 bits per heavy atom. The lowest BCUT2D eigenvalue weighted by Gasteiger charge is -2.33. The standard InChI is InChI=1S/C20H20BrFN2O3/c21-17-12-16(22)6-7-18(17)24(13-14-4-2-1-3-5-14)19(25)15-8-10-23(11-9-15)20(26)27/h1-7,12,15H,8-11,13H2,(H,26,27). The molecule has 2 amide bonds. The minimum atomic E-state index is -0.955. The molecule has 0 radical (unpaired) electrons. The average molecular weight is 435 g/mol. The lowest BCUT2D eigenvalue weighted by Crippen LogP contribution is -2.44. The molecule has 2 aromatic rings. The Balaban J connectivity index is 1.85. The molecule has 1 aliphatic rings. The van der Waals surface area contributed by atoms with E-state index in [1.165, 1.54) is 17.0 Å². The highest BCUT2D eigenvalue weighted by Gasteiger charge is 2.31. The first-order valence-corrected chi connectivity index (χ1v) is 9.53. The largest absolute Gasteiger partial charge is 0.465 e. The van der Waals surface area contributed by atoms with Gasteiger partial charge < -0.3 is 14.9 Å². The molecule has 142 valence electrons. The van der Waals surface area contributed by atoms with Crippen LogP contribution in [0.3, 0.4) is 0 Å². The van der Waals surface area contributed by atoms with Gasteiger partial charge in [0.05, 0.1) is 12.2 Å². The highest BCUT2D eigenvalue weighted by Crippen LogP contribution is 2.31. The van der Waals surface area contributed by atoms with Crippen LogP contribution in [-0.4, -0.2) is 35.1 Å². The molecule has 2 aromatic carbocycles. The normalized spacial score (nSPS) is 14.8. The monoisotopic (exact) mass is 434 g/mol. The Morgan fingerprint density at radius 3 is 2.41 bits per heavy atom. The van der Waals surface area contributed by atoms with Gasteiger partial charge >= 0.3 is 6.09 Å². The fourth-order valence-electron chi connectivity index (χ4n) is 3.29. The zero-order valence-electron chi connectivity index (χ0n) is 14.6. The van der Waals surface area contributed by atoms with E-state index in [0.29, 0.717) is 42.6 Å². The van der Waals surface area contributed by atoms with Gasteiger partial charge in [0.25, 0.3) is 0 Å². The summed E-state index contributed by atoms with van der Waals surface area (Å²) in [5.74, 6) is -0.718. The minimum absolute atomic E-state index is 0.0730. The van der Waals surface area contributed by atoms with Gasteiger partial charge in [0.2, 0.25) is 5.91 Å². The number of carbonyl (C=O) groups excluding carboxylic acids is 1. The van der Waals surface area contributed by atoms with E-state index < -0.39 is 6.09 Å². The molecule has 0 unspecified atom stereocenters. The summed E-state index contributed by atoms with van der Waals surface area (Å²) in [6.07, 6.45) is 0.00751. The Morgan fingerprint density at radius 1 is 1.15 bits per heavy atom. The topological polar surface area (TPSA) is 60.9 Å². The third-order valence-electron chi connectivity index (χ3n) is 4.76. The number of likely N-dealkylation sites (tertiary alicyclic amines) is 1. The number of rotatable bonds is 4. The van der Waals surface area contributed by atoms with Crippen LogP contribution in [0, 0.1) is 11.7 Å². The Kier molecular flexibility index (Phi) is 6.11. The van der Waals surface area contributed by atoms with Crippen LogP contribution in [0.2, 0.25) is 0 Å². The number of piperidine rings is 1. The quantitative estimate of drug-likeness (QED) is 0.769. The highest BCUT2D eigenvalue weighted by atomic mass is 79.9. The molecule has 3 rings (SSSR count). The molecule has 1 aliphatic heterocycles. The number of anilines is 1. The van der Waals surface area contributed by atoms with Crippen molar-refractivity contribution in [3.63, 3.8) is 0 Å². The number of hydrogen-bond acceptors (Lipinski definition) is 2. The van der Waals surface area contributed by atoms with Crippen molar-refractivity contribution in [3.8, 4) is 0 Å². The molecule has 1 N–H and O–H groups in total. The Bertz CT molecular complexity index is 823. The molecule has 5 nitrogen and oxygen atoms in total. The first-order chi connectivity index (χ1) is 13.0. The van der Waals surface area contributed by atoms with Gasteiger partial charge in [-0.25, -0.2) is 9.18 Å². The van der Waals surface area contributed by atoms with Gasteiger partial charge in [0.15, 0.2) is 0 Å². The molecule has 0 bridgehead atoms. The van der Waals surface area contributed by atoms with Crippen LogP contribution in [0.4, 0.5) is 14.9 Å². The van der Waals surface area contributed by atoms with Gasteiger partial charge in [-0.1, -0.05) is 30.3 Å². The summed E-state index contributed by atoms with van der Waals surface area (Å²) in [6, 6.07) is 13.9. The second-order valence-electron chi connectivity index (χ2n) is 6.55. The number of amides is 2. The molecule has 0 atom stereocenters. The number of carboxylic acid groups (broad SMARTS) is 1. The third kappa shape index (κ3) is 4.66. The number of nitrogens with zero attached hydrogens (tertiary/aromatic N) is 2. The van der Waals surface area contributed by atoms with Crippen molar-refractivity contribution in [1.29, 1.82) is 0 Å². The van der Waals surface area contributed by atoms with Crippen LogP contribution in [0.15, 0.2) is 53.0 Å². The highest BCUT2D eigenvalue weighted by molar-refractivity contribution is 9.10. The van der Waals surface area contributed by atoms with Crippen molar-refractivity contribution in [2.45, 2.75) is 19.4 Å². The zero-order chi connectivity index (χ0) is 19.4. The summed E-state index contributed by atoms with van der Waals surface area (Å²) < 4.78 is 14.0. The van der Waals surface area contributed by atoms with Crippen molar-refractivity contribution >= 4 is 33.6 Å². The van der Waals surface area contributed by atoms with Crippen LogP contribution in [0.1, 0.15) is 18.4 Å². The van der Waals surface area contributed by atoms with Gasteiger partial charge in [-0.2, -0.15) is 0 Å². The SMILES string of the molecule is O=C(O)N1CCC(C(=O)N(Cc2ccccc2)c2ccc(F)cc2Br)CC1. The molecular formula is C20H20BrFN2O3. The first kappa shape index (κ1) is 19.4. The summed E-state index contributed by atoms with van der Waals surface area (Å²) in [7, 11) is 0. The maximum absolute atomic E-state index is 13.5. The smallest absolute Gasteiger partial charge is 0.407 e. The fraction of sp³-hybridized carbons (Fsp3) is 0.300. The van der Waals surface area contributed by atoms with Crippen molar-refractivity contribution in [1.82, 2.24) is 4.90 Å². The number of carbonyl (C=O) groups is 2. The van der Waals surface area contributed by atoms with E-state index in [0.717, 1.165) is 5.56 Å². The summed E-state index contributed by atoms with van der Waals surface area (Å²) >= 11 is 3.36. The van der Waals surface area contributed by atoms with Crippen molar-refractivity contribution in [2.24, 2.45) is 5.92 Å². The van der Waals surface area contributed by atoms with Crippen LogP contribution < -0.4 is 4.90 Å². The lowest BCUT2D eigenvalue weighted by molar-refractivity contribution is -0.123. The van der Waals surface area contributed by atoms with E-state index >= 15 is 0 Å². The zero-order valence-corrected chi connectivity index (χ0v) is 16.2. The third-order valence-corrected chi connectivity index (χ3v) is 5.40. The molecule has 1 heterocycles. The van der Waals surface area contributed by atoms with Gasteiger partial charge in [0, 0.05) is 23.5 Å². The van der Waals surface area contributed by atoms with Gasteiger partial charge in [0.1, 0.15) is 5.82 Å². The molecule has 7 heteroatoms. The fourth-order valence-corrected chi connectivity index (χ4v) is 3.85. The summed E-state index contributed by atoms with van der Waals surface area (Å²) in [4.78, 5) is 27.3. The molecule has 0 spiro atoms. The average Bonchev–Trinajstić information content (AvgIpc) is 2.67. The Hall–Kier alpha value is -2.41. The second kappa shape index (κ2) is 8.52. The van der Waals surface area contributed by atoms with Gasteiger partial charge in [-0.15, -0.1) is 0 Å². The predicted octanol–water partition coefficient (Wildman–Crippen LogP) is 4.51. The van der Waals surface area contributed by atoms with E-state index in [1.807, 2.05) is 30.3 Å². The minimum Gasteiger partial charge on any atom is -0.465 e. The lowest BCUT2D eigenvalue weighted by atomic mass is 9.95.